The molecule has 62 valence electrons. The third kappa shape index (κ3) is 2.01. The number of hydrogen-bond donors (Lipinski definition) is 1. The van der Waals surface area contributed by atoms with Gasteiger partial charge in [-0.3, -0.25) is 4.68 Å². The number of hydrogen-bond acceptors (Lipinski definition) is 2. The van der Waals surface area contributed by atoms with Crippen LogP contribution in [-0.4, -0.2) is 16.0 Å². The topological polar surface area (TPSA) is 43.8 Å². The zero-order valence-electron chi connectivity index (χ0n) is 6.50. The molecule has 0 aromatic carbocycles. The minimum Gasteiger partial charge on any atom is -0.325 e. The van der Waals surface area contributed by atoms with Crippen molar-refractivity contribution in [2.45, 2.75) is 26.2 Å². The summed E-state index contributed by atoms with van der Waals surface area (Å²) in [4.78, 5) is 0. The van der Waals surface area contributed by atoms with Crippen LogP contribution in [0.2, 0.25) is 0 Å². The molecule has 0 spiro atoms. The fraction of sp³-hybridized carbons (Fsp3) is 0.571. The minimum atomic E-state index is -0.875. The Hall–Kier alpha value is -0.900. The Morgan fingerprint density at radius 2 is 2.55 bits per heavy atom. The first kappa shape index (κ1) is 8.20. The first-order valence-electron chi connectivity index (χ1n) is 3.59. The molecule has 3 nitrogen and oxygen atoms in total. The number of nitrogens with zero attached hydrogens (tertiary/aromatic N) is 2. The lowest BCUT2D eigenvalue weighted by molar-refractivity contribution is 0.305. The summed E-state index contributed by atoms with van der Waals surface area (Å²) >= 11 is 0. The molecule has 1 aromatic rings. The summed E-state index contributed by atoms with van der Waals surface area (Å²) in [6.45, 7) is 2.20. The van der Waals surface area contributed by atoms with Crippen LogP contribution >= 0.6 is 0 Å². The largest absolute Gasteiger partial charge is 0.325 e. The summed E-state index contributed by atoms with van der Waals surface area (Å²) in [5.74, 6) is 0. The Morgan fingerprint density at radius 1 is 1.82 bits per heavy atom. The highest BCUT2D eigenvalue weighted by Gasteiger charge is 2.03. The summed E-state index contributed by atoms with van der Waals surface area (Å²) in [5.41, 5.74) is 6.26. The number of halogens is 1. The van der Waals surface area contributed by atoms with E-state index in [1.165, 1.54) is 6.92 Å². The van der Waals surface area contributed by atoms with Crippen molar-refractivity contribution < 1.29 is 4.39 Å². The Labute approximate surface area is 65.0 Å². The van der Waals surface area contributed by atoms with Crippen LogP contribution in [-0.2, 0) is 13.1 Å². The maximum absolute atomic E-state index is 12.5. The van der Waals surface area contributed by atoms with Crippen LogP contribution in [0.3, 0.4) is 0 Å². The Balaban J connectivity index is 2.68. The Bertz CT molecular complexity index is 219. The van der Waals surface area contributed by atoms with Gasteiger partial charge in [0.1, 0.15) is 6.17 Å². The van der Waals surface area contributed by atoms with Crippen LogP contribution in [0.5, 0.6) is 0 Å². The van der Waals surface area contributed by atoms with Gasteiger partial charge in [0, 0.05) is 12.7 Å². The lowest BCUT2D eigenvalue weighted by atomic mass is 10.4. The molecule has 0 saturated heterocycles. The highest BCUT2D eigenvalue weighted by Crippen LogP contribution is 2.00. The van der Waals surface area contributed by atoms with Gasteiger partial charge >= 0.3 is 0 Å². The van der Waals surface area contributed by atoms with Crippen molar-refractivity contribution in [3.05, 3.63) is 18.0 Å². The first-order valence-corrected chi connectivity index (χ1v) is 3.59. The van der Waals surface area contributed by atoms with Crippen molar-refractivity contribution in [1.82, 2.24) is 9.78 Å². The second-order valence-corrected chi connectivity index (χ2v) is 2.49. The smallest absolute Gasteiger partial charge is 0.117 e. The van der Waals surface area contributed by atoms with Crippen LogP contribution < -0.4 is 5.73 Å². The zero-order chi connectivity index (χ0) is 8.27. The first-order chi connectivity index (χ1) is 5.24. The van der Waals surface area contributed by atoms with E-state index in [0.717, 1.165) is 5.69 Å². The molecule has 1 unspecified atom stereocenters. The molecule has 1 aromatic heterocycles. The van der Waals surface area contributed by atoms with Gasteiger partial charge < -0.3 is 5.73 Å². The standard InChI is InChI=1S/C7H12FN3/c1-6(8)5-11-7(4-9)2-3-10-11/h2-3,6H,4-5,9H2,1H3. The molecule has 0 amide bonds. The lowest BCUT2D eigenvalue weighted by Gasteiger charge is -2.05. The molecule has 1 rings (SSSR count). The maximum atomic E-state index is 12.5. The van der Waals surface area contributed by atoms with Crippen molar-refractivity contribution in [3.63, 3.8) is 0 Å². The van der Waals surface area contributed by atoms with Crippen molar-refractivity contribution >= 4 is 0 Å². The molecule has 0 aliphatic carbocycles. The fourth-order valence-electron chi connectivity index (χ4n) is 0.936. The van der Waals surface area contributed by atoms with E-state index in [0.29, 0.717) is 13.1 Å². The van der Waals surface area contributed by atoms with Crippen molar-refractivity contribution in [2.75, 3.05) is 0 Å². The van der Waals surface area contributed by atoms with Crippen molar-refractivity contribution in [1.29, 1.82) is 0 Å². The molecule has 2 N–H and O–H groups in total. The van der Waals surface area contributed by atoms with E-state index >= 15 is 0 Å². The molecular formula is C7H12FN3. The average molecular weight is 157 g/mol. The quantitative estimate of drug-likeness (QED) is 0.701. The molecule has 1 heterocycles. The van der Waals surface area contributed by atoms with Crippen LogP contribution in [0.4, 0.5) is 4.39 Å². The van der Waals surface area contributed by atoms with E-state index in [1.54, 1.807) is 16.9 Å². The van der Waals surface area contributed by atoms with E-state index in [2.05, 4.69) is 5.10 Å². The van der Waals surface area contributed by atoms with Gasteiger partial charge in [0.05, 0.1) is 12.2 Å². The van der Waals surface area contributed by atoms with Crippen molar-refractivity contribution in [3.8, 4) is 0 Å². The van der Waals surface area contributed by atoms with E-state index < -0.39 is 6.17 Å². The molecule has 0 fully saturated rings. The highest BCUT2D eigenvalue weighted by molar-refractivity contribution is 4.99. The number of nitrogens with two attached hydrogens (primary N) is 1. The van der Waals surface area contributed by atoms with Gasteiger partial charge in [-0.05, 0) is 13.0 Å². The molecule has 0 radical (unpaired) electrons. The SMILES string of the molecule is CC(F)Cn1nccc1CN. The molecular weight excluding hydrogens is 145 g/mol. The monoisotopic (exact) mass is 157 g/mol. The molecule has 11 heavy (non-hydrogen) atoms. The fourth-order valence-corrected chi connectivity index (χ4v) is 0.936. The lowest BCUT2D eigenvalue weighted by Crippen LogP contribution is -2.14. The van der Waals surface area contributed by atoms with E-state index in [-0.39, 0.29) is 0 Å². The van der Waals surface area contributed by atoms with Gasteiger partial charge in [-0.15, -0.1) is 0 Å². The van der Waals surface area contributed by atoms with E-state index in [9.17, 15) is 4.39 Å². The molecule has 4 heteroatoms. The summed E-state index contributed by atoms with van der Waals surface area (Å²) in [6.07, 6.45) is 0.755. The summed E-state index contributed by atoms with van der Waals surface area (Å²) < 4.78 is 14.1. The Morgan fingerprint density at radius 3 is 3.09 bits per heavy atom. The third-order valence-electron chi connectivity index (χ3n) is 1.44. The summed E-state index contributed by atoms with van der Waals surface area (Å²) in [5, 5.41) is 3.92. The predicted molar refractivity (Wildman–Crippen MR) is 40.7 cm³/mol. The van der Waals surface area contributed by atoms with Gasteiger partial charge in [-0.2, -0.15) is 5.10 Å². The third-order valence-corrected chi connectivity index (χ3v) is 1.44. The van der Waals surface area contributed by atoms with E-state index in [1.807, 2.05) is 0 Å². The van der Waals surface area contributed by atoms with Gasteiger partial charge in [-0.1, -0.05) is 0 Å². The second-order valence-electron chi connectivity index (χ2n) is 2.49. The summed E-state index contributed by atoms with van der Waals surface area (Å²) in [7, 11) is 0. The van der Waals surface area contributed by atoms with E-state index in [4.69, 9.17) is 5.73 Å². The normalized spacial score (nSPS) is 13.4. The van der Waals surface area contributed by atoms with Gasteiger partial charge in [0.2, 0.25) is 0 Å². The molecule has 0 saturated carbocycles. The molecule has 0 aliphatic heterocycles. The van der Waals surface area contributed by atoms with Gasteiger partial charge in [0.15, 0.2) is 0 Å². The predicted octanol–water partition coefficient (Wildman–Crippen LogP) is 0.700. The van der Waals surface area contributed by atoms with Crippen LogP contribution in [0, 0.1) is 0 Å². The Kier molecular flexibility index (Phi) is 2.59. The van der Waals surface area contributed by atoms with Crippen LogP contribution in [0.25, 0.3) is 0 Å². The zero-order valence-corrected chi connectivity index (χ0v) is 6.50. The molecule has 1 atom stereocenters. The highest BCUT2D eigenvalue weighted by atomic mass is 19.1. The average Bonchev–Trinajstić information content (AvgIpc) is 2.34. The van der Waals surface area contributed by atoms with Gasteiger partial charge in [-0.25, -0.2) is 4.39 Å². The second kappa shape index (κ2) is 3.48. The number of rotatable bonds is 3. The maximum Gasteiger partial charge on any atom is 0.117 e. The minimum absolute atomic E-state index is 0.291. The molecule has 0 aliphatic rings. The van der Waals surface area contributed by atoms with Crippen LogP contribution in [0.1, 0.15) is 12.6 Å². The number of alkyl halides is 1. The molecule has 0 bridgehead atoms. The van der Waals surface area contributed by atoms with Crippen LogP contribution in [0.15, 0.2) is 12.3 Å². The summed E-state index contributed by atoms with van der Waals surface area (Å²) in [6, 6.07) is 1.79. The van der Waals surface area contributed by atoms with Crippen molar-refractivity contribution in [2.24, 2.45) is 5.73 Å². The van der Waals surface area contributed by atoms with Gasteiger partial charge in [0.25, 0.3) is 0 Å². The number of aromatic nitrogens is 2.